The van der Waals surface area contributed by atoms with Crippen molar-refractivity contribution in [1.82, 2.24) is 0 Å². The highest BCUT2D eigenvalue weighted by Gasteiger charge is 2.35. The quantitative estimate of drug-likeness (QED) is 0.594. The molecule has 1 atom stereocenters. The van der Waals surface area contributed by atoms with Crippen molar-refractivity contribution in [2.45, 2.75) is 24.6 Å². The topological polar surface area (TPSA) is 12.5 Å². The van der Waals surface area contributed by atoms with Gasteiger partial charge in [0.2, 0.25) is 0 Å². The summed E-state index contributed by atoms with van der Waals surface area (Å²) >= 11 is 6.40. The number of anilines is 2. The summed E-state index contributed by atoms with van der Waals surface area (Å²) in [6.45, 7) is 0.886. The predicted molar refractivity (Wildman–Crippen MR) is 82.4 cm³/mol. The highest BCUT2D eigenvalue weighted by molar-refractivity contribution is 6.21. The molecule has 4 rings (SSSR count). The average Bonchev–Trinajstić information content (AvgIpc) is 2.68. The van der Waals surface area contributed by atoms with Gasteiger partial charge in [-0.25, -0.2) is 0 Å². The summed E-state index contributed by atoms with van der Waals surface area (Å²) in [6, 6.07) is 9.39. The molecule has 6 heteroatoms. The highest BCUT2D eigenvalue weighted by Crippen LogP contribution is 2.48. The second kappa shape index (κ2) is 5.06. The van der Waals surface area contributed by atoms with E-state index in [1.54, 1.807) is 0 Å². The largest absolute Gasteiger partial charge is 0.487 e. The van der Waals surface area contributed by atoms with E-state index in [-0.39, 0.29) is 5.38 Å². The first-order valence-electron chi connectivity index (χ1n) is 7.32. The SMILES string of the molecule is FC(F)(F)c1ccc2c(c1)N1CCC(Cl)c3cccc(c31)CO2. The first-order valence-corrected chi connectivity index (χ1v) is 7.76. The Balaban J connectivity index is 1.92. The first kappa shape index (κ1) is 14.7. The molecule has 120 valence electrons. The van der Waals surface area contributed by atoms with Crippen molar-refractivity contribution >= 4 is 23.0 Å². The van der Waals surface area contributed by atoms with Gasteiger partial charge in [-0.2, -0.15) is 13.2 Å². The van der Waals surface area contributed by atoms with Gasteiger partial charge in [0.1, 0.15) is 12.4 Å². The Kier molecular flexibility index (Phi) is 3.23. The second-order valence-corrected chi connectivity index (χ2v) is 6.26. The van der Waals surface area contributed by atoms with Gasteiger partial charge >= 0.3 is 6.18 Å². The third-order valence-electron chi connectivity index (χ3n) is 4.32. The fourth-order valence-electron chi connectivity index (χ4n) is 3.24. The molecule has 0 spiro atoms. The summed E-state index contributed by atoms with van der Waals surface area (Å²) in [6.07, 6.45) is -3.71. The lowest BCUT2D eigenvalue weighted by molar-refractivity contribution is -0.137. The fraction of sp³-hybridized carbons (Fsp3) is 0.294. The van der Waals surface area contributed by atoms with E-state index in [1.165, 1.54) is 6.07 Å². The van der Waals surface area contributed by atoms with Gasteiger partial charge in [-0.15, -0.1) is 11.6 Å². The van der Waals surface area contributed by atoms with Crippen LogP contribution >= 0.6 is 11.6 Å². The Morgan fingerprint density at radius 2 is 2.00 bits per heavy atom. The van der Waals surface area contributed by atoms with Crippen LogP contribution in [0, 0.1) is 0 Å². The number of para-hydroxylation sites is 1. The molecule has 0 N–H and O–H groups in total. The van der Waals surface area contributed by atoms with E-state index in [1.807, 2.05) is 23.1 Å². The average molecular weight is 340 g/mol. The van der Waals surface area contributed by atoms with E-state index >= 15 is 0 Å². The smallest absolute Gasteiger partial charge is 0.416 e. The molecule has 0 aliphatic carbocycles. The number of hydrogen-bond acceptors (Lipinski definition) is 2. The van der Waals surface area contributed by atoms with Crippen molar-refractivity contribution in [1.29, 1.82) is 0 Å². The standard InChI is InChI=1S/C17H13ClF3NO/c18-13-6-7-22-14-8-11(17(19,20)21)4-5-15(14)23-9-10-2-1-3-12(13)16(10)22/h1-5,8,13H,6-7,9H2. The van der Waals surface area contributed by atoms with Crippen molar-refractivity contribution < 1.29 is 17.9 Å². The number of alkyl halides is 4. The number of fused-ring (bicyclic) bond motifs is 2. The van der Waals surface area contributed by atoms with Crippen LogP contribution in [0.25, 0.3) is 0 Å². The minimum Gasteiger partial charge on any atom is -0.487 e. The molecule has 2 aromatic rings. The van der Waals surface area contributed by atoms with Gasteiger partial charge in [0.15, 0.2) is 0 Å². The lowest BCUT2D eigenvalue weighted by Crippen LogP contribution is -2.26. The summed E-state index contributed by atoms with van der Waals surface area (Å²) in [5.74, 6) is 0.466. The zero-order valence-electron chi connectivity index (χ0n) is 12.0. The van der Waals surface area contributed by atoms with E-state index in [9.17, 15) is 13.2 Å². The third kappa shape index (κ3) is 2.34. The van der Waals surface area contributed by atoms with Gasteiger partial charge in [-0.1, -0.05) is 18.2 Å². The van der Waals surface area contributed by atoms with E-state index in [0.29, 0.717) is 31.0 Å². The Morgan fingerprint density at radius 1 is 1.17 bits per heavy atom. The maximum absolute atomic E-state index is 13.1. The predicted octanol–water partition coefficient (Wildman–Crippen LogP) is 5.42. The maximum Gasteiger partial charge on any atom is 0.416 e. The van der Waals surface area contributed by atoms with Crippen molar-refractivity contribution in [3.63, 3.8) is 0 Å². The Bertz CT molecular complexity index is 775. The van der Waals surface area contributed by atoms with E-state index in [0.717, 1.165) is 28.9 Å². The van der Waals surface area contributed by atoms with Gasteiger partial charge in [-0.05, 0) is 30.2 Å². The fourth-order valence-corrected chi connectivity index (χ4v) is 3.52. The zero-order valence-corrected chi connectivity index (χ0v) is 12.8. The molecule has 0 saturated carbocycles. The number of benzene rings is 2. The number of rotatable bonds is 0. The van der Waals surface area contributed by atoms with Gasteiger partial charge < -0.3 is 9.64 Å². The Labute approximate surface area is 136 Å². The van der Waals surface area contributed by atoms with Crippen LogP contribution in [-0.4, -0.2) is 6.54 Å². The van der Waals surface area contributed by atoms with Crippen LogP contribution in [0.15, 0.2) is 36.4 Å². The normalized spacial score (nSPS) is 19.5. The molecule has 2 aromatic carbocycles. The molecule has 1 unspecified atom stereocenters. The summed E-state index contributed by atoms with van der Waals surface area (Å²) in [4.78, 5) is 1.90. The molecule has 2 aliphatic rings. The van der Waals surface area contributed by atoms with E-state index < -0.39 is 11.7 Å². The Morgan fingerprint density at radius 3 is 2.78 bits per heavy atom. The van der Waals surface area contributed by atoms with Crippen LogP contribution in [0.5, 0.6) is 5.75 Å². The summed E-state index contributed by atoms with van der Waals surface area (Å²) in [7, 11) is 0. The molecule has 0 aromatic heterocycles. The molecule has 0 bridgehead atoms. The summed E-state index contributed by atoms with van der Waals surface area (Å²) < 4.78 is 44.9. The molecule has 0 saturated heterocycles. The van der Waals surface area contributed by atoms with Gasteiger partial charge in [0.25, 0.3) is 0 Å². The minimum atomic E-state index is -4.38. The van der Waals surface area contributed by atoms with Crippen molar-refractivity contribution in [2.75, 3.05) is 11.4 Å². The molecule has 0 fully saturated rings. The van der Waals surface area contributed by atoms with Gasteiger partial charge in [-0.3, -0.25) is 0 Å². The van der Waals surface area contributed by atoms with Gasteiger partial charge in [0, 0.05) is 12.1 Å². The van der Waals surface area contributed by atoms with Crippen LogP contribution in [0.1, 0.15) is 28.5 Å². The Hall–Kier alpha value is -1.88. The molecular weight excluding hydrogens is 327 g/mol. The second-order valence-electron chi connectivity index (χ2n) is 5.73. The molecule has 0 amide bonds. The lowest BCUT2D eigenvalue weighted by atomic mass is 9.97. The molecule has 0 radical (unpaired) electrons. The van der Waals surface area contributed by atoms with Crippen LogP contribution in [0.2, 0.25) is 0 Å². The number of hydrogen-bond donors (Lipinski definition) is 0. The number of nitrogens with zero attached hydrogens (tertiary/aromatic N) is 1. The van der Waals surface area contributed by atoms with Crippen LogP contribution in [0.4, 0.5) is 24.5 Å². The van der Waals surface area contributed by atoms with E-state index in [4.69, 9.17) is 16.3 Å². The van der Waals surface area contributed by atoms with Gasteiger partial charge in [0.05, 0.1) is 22.3 Å². The van der Waals surface area contributed by atoms with Crippen molar-refractivity contribution in [3.8, 4) is 5.75 Å². The minimum absolute atomic E-state index is 0.131. The molecule has 2 aliphatic heterocycles. The van der Waals surface area contributed by atoms with Crippen LogP contribution in [0.3, 0.4) is 0 Å². The lowest BCUT2D eigenvalue weighted by Gasteiger charge is -2.34. The summed E-state index contributed by atoms with van der Waals surface area (Å²) in [5, 5.41) is -0.131. The zero-order chi connectivity index (χ0) is 16.2. The number of halogens is 4. The monoisotopic (exact) mass is 339 g/mol. The molecular formula is C17H13ClF3NO. The van der Waals surface area contributed by atoms with Crippen LogP contribution < -0.4 is 9.64 Å². The molecule has 2 nitrogen and oxygen atoms in total. The maximum atomic E-state index is 13.1. The number of ether oxygens (including phenoxy) is 1. The third-order valence-corrected chi connectivity index (χ3v) is 4.78. The first-order chi connectivity index (χ1) is 10.9. The molecule has 23 heavy (non-hydrogen) atoms. The summed E-state index contributed by atoms with van der Waals surface area (Å²) in [5.41, 5.74) is 2.56. The molecule has 2 heterocycles. The van der Waals surface area contributed by atoms with E-state index in [2.05, 4.69) is 0 Å². The van der Waals surface area contributed by atoms with Crippen molar-refractivity contribution in [2.24, 2.45) is 0 Å². The van der Waals surface area contributed by atoms with Crippen molar-refractivity contribution in [3.05, 3.63) is 53.1 Å². The van der Waals surface area contributed by atoms with Crippen LogP contribution in [-0.2, 0) is 12.8 Å². The highest BCUT2D eigenvalue weighted by atomic mass is 35.5.